The number of imidazole rings is 1. The molecule has 0 aliphatic carbocycles. The molecular weight excluding hydrogens is 330 g/mol. The standard InChI is InChI=1S/C19H23N5O2/c1-3-17-18(15(2)26-22-17)19(25)24(13-16-6-4-7-20-12-16)10-5-9-23-11-8-21-14-23/h4,6-8,11-12,14H,3,5,9-10,13H2,1-2H3. The van der Waals surface area contributed by atoms with Gasteiger partial charge >= 0.3 is 0 Å². The fraction of sp³-hybridized carbons (Fsp3) is 0.368. The van der Waals surface area contributed by atoms with Crippen molar-refractivity contribution in [1.29, 1.82) is 0 Å². The number of carbonyl (C=O) groups is 1. The fourth-order valence-corrected chi connectivity index (χ4v) is 2.92. The summed E-state index contributed by atoms with van der Waals surface area (Å²) in [6, 6.07) is 3.86. The average Bonchev–Trinajstić information content (AvgIpc) is 3.30. The number of nitrogens with zero attached hydrogens (tertiary/aromatic N) is 5. The summed E-state index contributed by atoms with van der Waals surface area (Å²) >= 11 is 0. The molecule has 3 heterocycles. The Morgan fingerprint density at radius 3 is 2.88 bits per heavy atom. The third-order valence-electron chi connectivity index (χ3n) is 4.27. The van der Waals surface area contributed by atoms with E-state index in [-0.39, 0.29) is 5.91 Å². The SMILES string of the molecule is CCc1noc(C)c1C(=O)N(CCCn1ccnc1)Cc1cccnc1. The maximum atomic E-state index is 13.2. The van der Waals surface area contributed by atoms with Crippen LogP contribution in [0.2, 0.25) is 0 Å². The molecule has 3 aromatic rings. The highest BCUT2D eigenvalue weighted by molar-refractivity contribution is 5.96. The zero-order valence-electron chi connectivity index (χ0n) is 15.1. The summed E-state index contributed by atoms with van der Waals surface area (Å²) in [5.41, 5.74) is 2.29. The molecule has 136 valence electrons. The van der Waals surface area contributed by atoms with Gasteiger partial charge in [0.15, 0.2) is 0 Å². The summed E-state index contributed by atoms with van der Waals surface area (Å²) in [7, 11) is 0. The quantitative estimate of drug-likeness (QED) is 0.622. The molecule has 0 N–H and O–H groups in total. The van der Waals surface area contributed by atoms with Crippen molar-refractivity contribution in [2.24, 2.45) is 0 Å². The predicted molar refractivity (Wildman–Crippen MR) is 96.4 cm³/mol. The van der Waals surface area contributed by atoms with Gasteiger partial charge in [0.1, 0.15) is 11.3 Å². The van der Waals surface area contributed by atoms with E-state index in [4.69, 9.17) is 4.52 Å². The summed E-state index contributed by atoms with van der Waals surface area (Å²) < 4.78 is 7.26. The molecule has 3 rings (SSSR count). The van der Waals surface area contributed by atoms with E-state index in [2.05, 4.69) is 15.1 Å². The number of amides is 1. The first-order valence-electron chi connectivity index (χ1n) is 8.78. The van der Waals surface area contributed by atoms with Crippen LogP contribution in [0.3, 0.4) is 0 Å². The Hall–Kier alpha value is -2.96. The third kappa shape index (κ3) is 4.17. The second kappa shape index (κ2) is 8.42. The topological polar surface area (TPSA) is 77.0 Å². The van der Waals surface area contributed by atoms with Crippen LogP contribution in [0.1, 0.15) is 40.7 Å². The van der Waals surface area contributed by atoms with Gasteiger partial charge in [-0.25, -0.2) is 4.98 Å². The van der Waals surface area contributed by atoms with Gasteiger partial charge in [-0.3, -0.25) is 9.78 Å². The molecule has 7 heteroatoms. The number of aromatic nitrogens is 4. The summed E-state index contributed by atoms with van der Waals surface area (Å²) in [6.45, 7) is 5.69. The van der Waals surface area contributed by atoms with Gasteiger partial charge in [-0.05, 0) is 31.4 Å². The molecule has 0 spiro atoms. The second-order valence-electron chi connectivity index (χ2n) is 6.16. The highest BCUT2D eigenvalue weighted by Crippen LogP contribution is 2.18. The zero-order valence-corrected chi connectivity index (χ0v) is 15.1. The minimum Gasteiger partial charge on any atom is -0.361 e. The molecular formula is C19H23N5O2. The van der Waals surface area contributed by atoms with Crippen molar-refractivity contribution in [3.63, 3.8) is 0 Å². The minimum atomic E-state index is -0.0462. The molecule has 3 aromatic heterocycles. The number of aryl methyl sites for hydroxylation is 3. The molecule has 0 radical (unpaired) electrons. The molecule has 0 unspecified atom stereocenters. The van der Waals surface area contributed by atoms with Crippen LogP contribution < -0.4 is 0 Å². The molecule has 0 aromatic carbocycles. The summed E-state index contributed by atoms with van der Waals surface area (Å²) in [4.78, 5) is 23.2. The summed E-state index contributed by atoms with van der Waals surface area (Å²) in [6.07, 6.45) is 10.5. The number of rotatable bonds is 8. The van der Waals surface area contributed by atoms with Crippen LogP contribution in [0.25, 0.3) is 0 Å². The number of pyridine rings is 1. The Kier molecular flexibility index (Phi) is 5.78. The van der Waals surface area contributed by atoms with Crippen molar-refractivity contribution < 1.29 is 9.32 Å². The van der Waals surface area contributed by atoms with Crippen molar-refractivity contribution in [1.82, 2.24) is 24.6 Å². The molecule has 0 bridgehead atoms. The van der Waals surface area contributed by atoms with Crippen molar-refractivity contribution in [3.05, 3.63) is 65.8 Å². The molecule has 0 fully saturated rings. The Morgan fingerprint density at radius 2 is 2.19 bits per heavy atom. The molecule has 1 amide bonds. The van der Waals surface area contributed by atoms with Gasteiger partial charge in [0.05, 0.1) is 12.0 Å². The lowest BCUT2D eigenvalue weighted by molar-refractivity contribution is 0.0736. The third-order valence-corrected chi connectivity index (χ3v) is 4.27. The fourth-order valence-electron chi connectivity index (χ4n) is 2.92. The van der Waals surface area contributed by atoms with E-state index in [1.807, 2.05) is 34.7 Å². The van der Waals surface area contributed by atoms with Crippen molar-refractivity contribution in [2.75, 3.05) is 6.54 Å². The average molecular weight is 353 g/mol. The van der Waals surface area contributed by atoms with E-state index in [0.717, 1.165) is 18.5 Å². The van der Waals surface area contributed by atoms with E-state index in [1.165, 1.54) is 0 Å². The van der Waals surface area contributed by atoms with E-state index in [0.29, 0.717) is 36.5 Å². The molecule has 0 aliphatic heterocycles. The van der Waals surface area contributed by atoms with Crippen LogP contribution in [-0.2, 0) is 19.5 Å². The first-order valence-corrected chi connectivity index (χ1v) is 8.78. The van der Waals surface area contributed by atoms with Gasteiger partial charge in [0, 0.05) is 44.4 Å². The van der Waals surface area contributed by atoms with E-state index in [1.54, 1.807) is 31.8 Å². The zero-order chi connectivity index (χ0) is 18.4. The van der Waals surface area contributed by atoms with Gasteiger partial charge in [-0.15, -0.1) is 0 Å². The monoisotopic (exact) mass is 353 g/mol. The summed E-state index contributed by atoms with van der Waals surface area (Å²) in [5, 5.41) is 4.02. The second-order valence-corrected chi connectivity index (χ2v) is 6.16. The van der Waals surface area contributed by atoms with Crippen molar-refractivity contribution >= 4 is 5.91 Å². The Morgan fingerprint density at radius 1 is 1.31 bits per heavy atom. The van der Waals surface area contributed by atoms with Crippen LogP contribution in [0.15, 0.2) is 47.8 Å². The molecule has 0 saturated carbocycles. The smallest absolute Gasteiger partial charge is 0.259 e. The van der Waals surface area contributed by atoms with Gasteiger partial charge in [0.2, 0.25) is 0 Å². The largest absolute Gasteiger partial charge is 0.361 e. The van der Waals surface area contributed by atoms with Crippen LogP contribution in [0.5, 0.6) is 0 Å². The Bertz CT molecular complexity index is 827. The normalized spacial score (nSPS) is 10.8. The van der Waals surface area contributed by atoms with E-state index >= 15 is 0 Å². The highest BCUT2D eigenvalue weighted by atomic mass is 16.5. The Labute approximate surface area is 152 Å². The van der Waals surface area contributed by atoms with Crippen molar-refractivity contribution in [2.45, 2.75) is 39.8 Å². The lowest BCUT2D eigenvalue weighted by Gasteiger charge is -2.23. The van der Waals surface area contributed by atoms with Crippen LogP contribution in [0.4, 0.5) is 0 Å². The minimum absolute atomic E-state index is 0.0462. The maximum absolute atomic E-state index is 13.2. The maximum Gasteiger partial charge on any atom is 0.259 e. The van der Waals surface area contributed by atoms with Crippen LogP contribution in [0, 0.1) is 6.92 Å². The molecule has 0 aliphatic rings. The first-order chi connectivity index (χ1) is 12.7. The first kappa shape index (κ1) is 17.8. The molecule has 26 heavy (non-hydrogen) atoms. The highest BCUT2D eigenvalue weighted by Gasteiger charge is 2.24. The molecule has 0 saturated heterocycles. The van der Waals surface area contributed by atoms with Crippen molar-refractivity contribution in [3.8, 4) is 0 Å². The lowest BCUT2D eigenvalue weighted by atomic mass is 10.1. The Balaban J connectivity index is 1.76. The molecule has 0 atom stereocenters. The van der Waals surface area contributed by atoms with Crippen LogP contribution >= 0.6 is 0 Å². The molecule has 7 nitrogen and oxygen atoms in total. The number of hydrogen-bond donors (Lipinski definition) is 0. The van der Waals surface area contributed by atoms with Gasteiger partial charge < -0.3 is 14.0 Å². The predicted octanol–water partition coefficient (Wildman–Crippen LogP) is 2.87. The summed E-state index contributed by atoms with van der Waals surface area (Å²) in [5.74, 6) is 0.521. The van der Waals surface area contributed by atoms with Gasteiger partial charge in [0.25, 0.3) is 5.91 Å². The van der Waals surface area contributed by atoms with Gasteiger partial charge in [-0.1, -0.05) is 18.1 Å². The van der Waals surface area contributed by atoms with Crippen LogP contribution in [-0.4, -0.2) is 37.0 Å². The van der Waals surface area contributed by atoms with E-state index in [9.17, 15) is 4.79 Å². The number of carbonyl (C=O) groups excluding carboxylic acids is 1. The number of hydrogen-bond acceptors (Lipinski definition) is 5. The van der Waals surface area contributed by atoms with Gasteiger partial charge in [-0.2, -0.15) is 0 Å². The van der Waals surface area contributed by atoms with E-state index < -0.39 is 0 Å². The lowest BCUT2D eigenvalue weighted by Crippen LogP contribution is -2.33.